The summed E-state index contributed by atoms with van der Waals surface area (Å²) in [6.07, 6.45) is 9.14. The third-order valence-corrected chi connectivity index (χ3v) is 4.99. The summed E-state index contributed by atoms with van der Waals surface area (Å²) < 4.78 is 5.51. The van der Waals surface area contributed by atoms with Crippen molar-refractivity contribution < 1.29 is 4.74 Å². The number of hydrogen-bond donors (Lipinski definition) is 1. The molecule has 1 rings (SSSR count). The van der Waals surface area contributed by atoms with Gasteiger partial charge in [-0.3, -0.25) is 0 Å². The predicted molar refractivity (Wildman–Crippen MR) is 83.5 cm³/mol. The highest BCUT2D eigenvalue weighted by molar-refractivity contribution is 4.84. The van der Waals surface area contributed by atoms with E-state index in [-0.39, 0.29) is 0 Å². The average molecular weight is 269 g/mol. The van der Waals surface area contributed by atoms with Crippen LogP contribution in [0.5, 0.6) is 0 Å². The van der Waals surface area contributed by atoms with Gasteiger partial charge in [-0.2, -0.15) is 0 Å². The van der Waals surface area contributed by atoms with E-state index in [1.54, 1.807) is 0 Å². The highest BCUT2D eigenvalue weighted by Crippen LogP contribution is 2.40. The molecule has 2 nitrogen and oxygen atoms in total. The summed E-state index contributed by atoms with van der Waals surface area (Å²) in [7, 11) is 0. The van der Waals surface area contributed by atoms with Crippen LogP contribution in [0.2, 0.25) is 0 Å². The second-order valence-electron chi connectivity index (χ2n) is 6.81. The van der Waals surface area contributed by atoms with Gasteiger partial charge in [0, 0.05) is 19.3 Å². The van der Waals surface area contributed by atoms with Crippen molar-refractivity contribution in [3.63, 3.8) is 0 Å². The SMILES string of the molecule is CCCOCCCNC1CCC(C(C)(C)CC)CC1. The van der Waals surface area contributed by atoms with Crippen LogP contribution in [0.3, 0.4) is 0 Å². The zero-order valence-electron chi connectivity index (χ0n) is 13.6. The number of hydrogen-bond acceptors (Lipinski definition) is 2. The molecule has 0 aromatic carbocycles. The highest BCUT2D eigenvalue weighted by Gasteiger charge is 2.31. The van der Waals surface area contributed by atoms with E-state index in [1.165, 1.54) is 32.1 Å². The van der Waals surface area contributed by atoms with Gasteiger partial charge in [-0.1, -0.05) is 34.1 Å². The molecule has 0 aromatic rings. The standard InChI is InChI=1S/C17H35NO/c1-5-13-19-14-7-12-18-16-10-8-15(9-11-16)17(3,4)6-2/h15-16,18H,5-14H2,1-4H3. The van der Waals surface area contributed by atoms with Gasteiger partial charge in [0.15, 0.2) is 0 Å². The lowest BCUT2D eigenvalue weighted by Crippen LogP contribution is -2.37. The summed E-state index contributed by atoms with van der Waals surface area (Å²) in [5.74, 6) is 0.934. The summed E-state index contributed by atoms with van der Waals surface area (Å²) in [4.78, 5) is 0. The zero-order valence-corrected chi connectivity index (χ0v) is 13.6. The lowest BCUT2D eigenvalue weighted by Gasteiger charge is -2.39. The second-order valence-corrected chi connectivity index (χ2v) is 6.81. The molecule has 1 fully saturated rings. The van der Waals surface area contributed by atoms with E-state index < -0.39 is 0 Å². The fraction of sp³-hybridized carbons (Fsp3) is 1.00. The normalized spacial score (nSPS) is 24.6. The third kappa shape index (κ3) is 6.27. The summed E-state index contributed by atoms with van der Waals surface area (Å²) >= 11 is 0. The molecule has 0 heterocycles. The lowest BCUT2D eigenvalue weighted by molar-refractivity contribution is 0.124. The first-order chi connectivity index (χ1) is 9.10. The topological polar surface area (TPSA) is 21.3 Å². The van der Waals surface area contributed by atoms with Crippen LogP contribution in [0.25, 0.3) is 0 Å². The Labute approximate surface area is 120 Å². The van der Waals surface area contributed by atoms with Gasteiger partial charge in [-0.15, -0.1) is 0 Å². The van der Waals surface area contributed by atoms with Gasteiger partial charge in [0.2, 0.25) is 0 Å². The summed E-state index contributed by atoms with van der Waals surface area (Å²) in [5, 5.41) is 3.71. The zero-order chi connectivity index (χ0) is 14.1. The molecule has 1 aliphatic carbocycles. The predicted octanol–water partition coefficient (Wildman–Crippen LogP) is 4.39. The maximum Gasteiger partial charge on any atom is 0.0478 e. The molecular formula is C17H35NO. The fourth-order valence-corrected chi connectivity index (χ4v) is 3.09. The molecule has 1 aliphatic rings. The number of ether oxygens (including phenoxy) is 1. The van der Waals surface area contributed by atoms with E-state index in [0.29, 0.717) is 5.41 Å². The quantitative estimate of drug-likeness (QED) is 0.627. The van der Waals surface area contributed by atoms with Crippen molar-refractivity contribution in [3.05, 3.63) is 0 Å². The van der Waals surface area contributed by atoms with E-state index in [9.17, 15) is 0 Å². The van der Waals surface area contributed by atoms with Crippen LogP contribution < -0.4 is 5.32 Å². The monoisotopic (exact) mass is 269 g/mol. The molecule has 0 aliphatic heterocycles. The van der Waals surface area contributed by atoms with Crippen LogP contribution in [0.15, 0.2) is 0 Å². The largest absolute Gasteiger partial charge is 0.381 e. The first-order valence-corrected chi connectivity index (χ1v) is 8.41. The van der Waals surface area contributed by atoms with E-state index >= 15 is 0 Å². The van der Waals surface area contributed by atoms with Crippen molar-refractivity contribution >= 4 is 0 Å². The first kappa shape index (κ1) is 17.0. The fourth-order valence-electron chi connectivity index (χ4n) is 3.09. The van der Waals surface area contributed by atoms with E-state index in [2.05, 4.69) is 33.0 Å². The van der Waals surface area contributed by atoms with Crippen LogP contribution in [-0.4, -0.2) is 25.8 Å². The Hall–Kier alpha value is -0.0800. The van der Waals surface area contributed by atoms with Gasteiger partial charge in [-0.25, -0.2) is 0 Å². The minimum atomic E-state index is 0.541. The van der Waals surface area contributed by atoms with Crippen molar-refractivity contribution in [2.24, 2.45) is 11.3 Å². The van der Waals surface area contributed by atoms with E-state index in [0.717, 1.165) is 44.6 Å². The Balaban J connectivity index is 2.07. The van der Waals surface area contributed by atoms with Crippen LogP contribution in [0.4, 0.5) is 0 Å². The molecular weight excluding hydrogens is 234 g/mol. The molecule has 2 heteroatoms. The van der Waals surface area contributed by atoms with Crippen LogP contribution >= 0.6 is 0 Å². The van der Waals surface area contributed by atoms with Crippen LogP contribution in [0.1, 0.15) is 72.6 Å². The Morgan fingerprint density at radius 1 is 1.05 bits per heavy atom. The maximum absolute atomic E-state index is 5.51. The smallest absolute Gasteiger partial charge is 0.0478 e. The van der Waals surface area contributed by atoms with Crippen molar-refractivity contribution in [2.45, 2.75) is 78.7 Å². The average Bonchev–Trinajstić information content (AvgIpc) is 2.43. The van der Waals surface area contributed by atoms with Crippen molar-refractivity contribution in [3.8, 4) is 0 Å². The highest BCUT2D eigenvalue weighted by atomic mass is 16.5. The van der Waals surface area contributed by atoms with Gasteiger partial charge in [0.05, 0.1) is 0 Å². The lowest BCUT2D eigenvalue weighted by atomic mass is 9.69. The minimum Gasteiger partial charge on any atom is -0.381 e. The maximum atomic E-state index is 5.51. The first-order valence-electron chi connectivity index (χ1n) is 8.41. The molecule has 0 radical (unpaired) electrons. The minimum absolute atomic E-state index is 0.541. The van der Waals surface area contributed by atoms with Crippen molar-refractivity contribution in [2.75, 3.05) is 19.8 Å². The van der Waals surface area contributed by atoms with Crippen LogP contribution in [0, 0.1) is 11.3 Å². The van der Waals surface area contributed by atoms with E-state index in [4.69, 9.17) is 4.74 Å². The molecule has 1 saturated carbocycles. The molecule has 19 heavy (non-hydrogen) atoms. The molecule has 0 amide bonds. The molecule has 0 bridgehead atoms. The van der Waals surface area contributed by atoms with Gasteiger partial charge >= 0.3 is 0 Å². The van der Waals surface area contributed by atoms with Gasteiger partial charge in [0.1, 0.15) is 0 Å². The van der Waals surface area contributed by atoms with Crippen LogP contribution in [-0.2, 0) is 4.74 Å². The Bertz CT molecular complexity index is 219. The van der Waals surface area contributed by atoms with Crippen molar-refractivity contribution in [1.29, 1.82) is 0 Å². The molecule has 0 unspecified atom stereocenters. The van der Waals surface area contributed by atoms with E-state index in [1.807, 2.05) is 0 Å². The number of rotatable bonds is 9. The Morgan fingerprint density at radius 3 is 2.32 bits per heavy atom. The Kier molecular flexibility index (Phi) is 8.01. The molecule has 1 N–H and O–H groups in total. The molecule has 0 spiro atoms. The van der Waals surface area contributed by atoms with Gasteiger partial charge in [0.25, 0.3) is 0 Å². The summed E-state index contributed by atoms with van der Waals surface area (Å²) in [6.45, 7) is 12.3. The number of nitrogens with one attached hydrogen (secondary N) is 1. The molecule has 0 atom stereocenters. The summed E-state index contributed by atoms with van der Waals surface area (Å²) in [6, 6.07) is 0.759. The Morgan fingerprint density at radius 2 is 1.74 bits per heavy atom. The molecule has 0 saturated heterocycles. The second kappa shape index (κ2) is 8.97. The molecule has 0 aromatic heterocycles. The molecule has 114 valence electrons. The van der Waals surface area contributed by atoms with Gasteiger partial charge < -0.3 is 10.1 Å². The summed E-state index contributed by atoms with van der Waals surface area (Å²) in [5.41, 5.74) is 0.541. The van der Waals surface area contributed by atoms with Gasteiger partial charge in [-0.05, 0) is 56.4 Å². The van der Waals surface area contributed by atoms with Crippen molar-refractivity contribution in [1.82, 2.24) is 5.32 Å². The third-order valence-electron chi connectivity index (χ3n) is 4.99.